The molecule has 21 heavy (non-hydrogen) atoms. The van der Waals surface area contributed by atoms with Gasteiger partial charge in [-0.3, -0.25) is 19.7 Å². The van der Waals surface area contributed by atoms with Gasteiger partial charge < -0.3 is 5.32 Å². The second-order valence-electron chi connectivity index (χ2n) is 7.01. The molecule has 0 saturated carbocycles. The van der Waals surface area contributed by atoms with Crippen LogP contribution >= 0.6 is 0 Å². The summed E-state index contributed by atoms with van der Waals surface area (Å²) in [5.74, 6) is -3.35. The molecule has 0 fully saturated rings. The van der Waals surface area contributed by atoms with Crippen molar-refractivity contribution in [2.24, 2.45) is 16.7 Å². The van der Waals surface area contributed by atoms with Crippen molar-refractivity contribution in [1.82, 2.24) is 10.6 Å². The standard InChI is InChI=1S/C15H26N2O4/c1-8-16-13(21)17-12(20)9(10(18)14(2,3)4)11(19)15(5,6)7/h9H,8H2,1-7H3,(H2,16,17,20,21). The first-order valence-electron chi connectivity index (χ1n) is 6.99. The predicted molar refractivity (Wildman–Crippen MR) is 79.6 cm³/mol. The van der Waals surface area contributed by atoms with E-state index in [0.717, 1.165) is 0 Å². The van der Waals surface area contributed by atoms with Crippen molar-refractivity contribution in [3.63, 3.8) is 0 Å². The number of rotatable bonds is 4. The van der Waals surface area contributed by atoms with Gasteiger partial charge in [0.2, 0.25) is 5.91 Å². The molecule has 0 heterocycles. The van der Waals surface area contributed by atoms with E-state index >= 15 is 0 Å². The van der Waals surface area contributed by atoms with Crippen LogP contribution in [0.3, 0.4) is 0 Å². The Morgan fingerprint density at radius 1 is 0.857 bits per heavy atom. The van der Waals surface area contributed by atoms with Gasteiger partial charge in [0, 0.05) is 17.4 Å². The van der Waals surface area contributed by atoms with Crippen molar-refractivity contribution in [2.45, 2.75) is 48.5 Å². The van der Waals surface area contributed by atoms with E-state index < -0.39 is 40.3 Å². The summed E-state index contributed by atoms with van der Waals surface area (Å²) in [6.45, 7) is 11.9. The predicted octanol–water partition coefficient (Wildman–Crippen LogP) is 1.68. The normalized spacial score (nSPS) is 12.0. The lowest BCUT2D eigenvalue weighted by Gasteiger charge is -2.27. The van der Waals surface area contributed by atoms with Crippen molar-refractivity contribution in [2.75, 3.05) is 6.54 Å². The Balaban J connectivity index is 5.43. The minimum absolute atomic E-state index is 0.338. The number of ketones is 2. The Hall–Kier alpha value is -1.72. The second kappa shape index (κ2) is 6.83. The molecular weight excluding hydrogens is 272 g/mol. The van der Waals surface area contributed by atoms with Gasteiger partial charge in [0.1, 0.15) is 0 Å². The van der Waals surface area contributed by atoms with E-state index in [1.807, 2.05) is 0 Å². The number of Topliss-reactive ketones (excluding diaryl/α,β-unsaturated/α-hetero) is 2. The lowest BCUT2D eigenvalue weighted by Crippen LogP contribution is -2.51. The number of carbonyl (C=O) groups is 4. The molecule has 0 rings (SSSR count). The molecule has 6 nitrogen and oxygen atoms in total. The fraction of sp³-hybridized carbons (Fsp3) is 0.733. The third kappa shape index (κ3) is 5.65. The van der Waals surface area contributed by atoms with Gasteiger partial charge >= 0.3 is 6.03 Å². The number of hydrogen-bond acceptors (Lipinski definition) is 4. The Morgan fingerprint density at radius 2 is 1.24 bits per heavy atom. The van der Waals surface area contributed by atoms with E-state index in [1.54, 1.807) is 48.5 Å². The Morgan fingerprint density at radius 3 is 1.52 bits per heavy atom. The van der Waals surface area contributed by atoms with Gasteiger partial charge in [0.05, 0.1) is 0 Å². The zero-order valence-electron chi connectivity index (χ0n) is 13.9. The van der Waals surface area contributed by atoms with Crippen molar-refractivity contribution in [3.8, 4) is 0 Å². The molecule has 0 aromatic carbocycles. The summed E-state index contributed by atoms with van der Waals surface area (Å²) in [5.41, 5.74) is -1.71. The van der Waals surface area contributed by atoms with Crippen LogP contribution in [0.15, 0.2) is 0 Å². The van der Waals surface area contributed by atoms with E-state index in [-0.39, 0.29) is 0 Å². The fourth-order valence-electron chi connectivity index (χ4n) is 1.61. The molecule has 3 amide bonds. The summed E-state index contributed by atoms with van der Waals surface area (Å²) < 4.78 is 0. The average Bonchev–Trinajstić information content (AvgIpc) is 2.26. The largest absolute Gasteiger partial charge is 0.338 e. The fourth-order valence-corrected chi connectivity index (χ4v) is 1.61. The summed E-state index contributed by atoms with van der Waals surface area (Å²) in [6.07, 6.45) is 0. The lowest BCUT2D eigenvalue weighted by molar-refractivity contribution is -0.147. The van der Waals surface area contributed by atoms with Gasteiger partial charge in [0.25, 0.3) is 0 Å². The molecule has 0 aliphatic heterocycles. The maximum atomic E-state index is 12.4. The quantitative estimate of drug-likeness (QED) is 0.772. The van der Waals surface area contributed by atoms with Crippen LogP contribution in [0, 0.1) is 16.7 Å². The molecule has 0 aliphatic carbocycles. The van der Waals surface area contributed by atoms with Crippen molar-refractivity contribution in [1.29, 1.82) is 0 Å². The summed E-state index contributed by atoms with van der Waals surface area (Å²) in [6, 6.07) is -0.712. The van der Waals surface area contributed by atoms with Crippen molar-refractivity contribution in [3.05, 3.63) is 0 Å². The lowest BCUT2D eigenvalue weighted by atomic mass is 9.74. The smallest absolute Gasteiger partial charge is 0.321 e. The van der Waals surface area contributed by atoms with Gasteiger partial charge in [-0.1, -0.05) is 41.5 Å². The van der Waals surface area contributed by atoms with E-state index in [0.29, 0.717) is 6.54 Å². The molecule has 120 valence electrons. The highest BCUT2D eigenvalue weighted by Crippen LogP contribution is 2.27. The highest BCUT2D eigenvalue weighted by atomic mass is 16.2. The van der Waals surface area contributed by atoms with Crippen LogP contribution in [0.1, 0.15) is 48.5 Å². The van der Waals surface area contributed by atoms with Crippen molar-refractivity contribution >= 4 is 23.5 Å². The molecule has 0 atom stereocenters. The number of urea groups is 1. The number of imide groups is 1. The molecule has 0 radical (unpaired) electrons. The topological polar surface area (TPSA) is 92.3 Å². The Labute approximate surface area is 126 Å². The number of amides is 3. The number of nitrogens with one attached hydrogen (secondary N) is 2. The first kappa shape index (κ1) is 19.3. The summed E-state index contributed by atoms with van der Waals surface area (Å²) in [5, 5.41) is 4.45. The van der Waals surface area contributed by atoms with Crippen LogP contribution < -0.4 is 10.6 Å². The second-order valence-corrected chi connectivity index (χ2v) is 7.01. The van der Waals surface area contributed by atoms with E-state index in [9.17, 15) is 19.2 Å². The van der Waals surface area contributed by atoms with E-state index in [1.165, 1.54) is 0 Å². The molecule has 0 spiro atoms. The highest BCUT2D eigenvalue weighted by Gasteiger charge is 2.44. The monoisotopic (exact) mass is 298 g/mol. The van der Waals surface area contributed by atoms with Gasteiger partial charge in [-0.2, -0.15) is 0 Å². The summed E-state index contributed by atoms with van der Waals surface area (Å²) in [4.78, 5) is 48.5. The van der Waals surface area contributed by atoms with Crippen molar-refractivity contribution < 1.29 is 19.2 Å². The molecule has 0 aromatic heterocycles. The van der Waals surface area contributed by atoms with Crippen LogP contribution in [-0.4, -0.2) is 30.0 Å². The third-order valence-corrected chi connectivity index (χ3v) is 2.84. The Kier molecular flexibility index (Phi) is 6.27. The van der Waals surface area contributed by atoms with Crippen LogP contribution in [0.5, 0.6) is 0 Å². The zero-order valence-corrected chi connectivity index (χ0v) is 13.9. The van der Waals surface area contributed by atoms with E-state index in [4.69, 9.17) is 0 Å². The first-order valence-corrected chi connectivity index (χ1v) is 6.99. The SMILES string of the molecule is CCNC(=O)NC(=O)C(C(=O)C(C)(C)C)C(=O)C(C)(C)C. The van der Waals surface area contributed by atoms with Gasteiger partial charge in [-0.25, -0.2) is 4.79 Å². The maximum absolute atomic E-state index is 12.4. The van der Waals surface area contributed by atoms with Crippen LogP contribution in [0.2, 0.25) is 0 Å². The molecular formula is C15H26N2O4. The van der Waals surface area contributed by atoms with E-state index in [2.05, 4.69) is 10.6 Å². The first-order chi connectivity index (χ1) is 9.32. The molecule has 0 aromatic rings. The minimum Gasteiger partial charge on any atom is -0.338 e. The Bertz CT molecular complexity index is 416. The van der Waals surface area contributed by atoms with Crippen LogP contribution in [0.25, 0.3) is 0 Å². The molecule has 6 heteroatoms. The third-order valence-electron chi connectivity index (χ3n) is 2.84. The number of hydrogen-bond donors (Lipinski definition) is 2. The highest BCUT2D eigenvalue weighted by molar-refractivity contribution is 6.23. The van der Waals surface area contributed by atoms with Crippen LogP contribution in [0.4, 0.5) is 4.79 Å². The summed E-state index contributed by atoms with van der Waals surface area (Å²) >= 11 is 0. The molecule has 0 aliphatic rings. The van der Waals surface area contributed by atoms with Gasteiger partial charge in [0.15, 0.2) is 17.5 Å². The maximum Gasteiger partial charge on any atom is 0.321 e. The van der Waals surface area contributed by atoms with Gasteiger partial charge in [-0.15, -0.1) is 0 Å². The minimum atomic E-state index is -1.48. The summed E-state index contributed by atoms with van der Waals surface area (Å²) in [7, 11) is 0. The van der Waals surface area contributed by atoms with Gasteiger partial charge in [-0.05, 0) is 6.92 Å². The average molecular weight is 298 g/mol. The molecule has 0 saturated heterocycles. The number of carbonyl (C=O) groups excluding carboxylic acids is 4. The van der Waals surface area contributed by atoms with Crippen LogP contribution in [-0.2, 0) is 14.4 Å². The molecule has 0 unspecified atom stereocenters. The molecule has 2 N–H and O–H groups in total. The zero-order chi connectivity index (χ0) is 17.0. The molecule has 0 bridgehead atoms.